The largest absolute Gasteiger partial charge is 0.494 e. The lowest BCUT2D eigenvalue weighted by molar-refractivity contribution is -0.140. The zero-order chi connectivity index (χ0) is 30.2. The van der Waals surface area contributed by atoms with Crippen molar-refractivity contribution in [3.8, 4) is 5.75 Å². The van der Waals surface area contributed by atoms with Gasteiger partial charge in [0.15, 0.2) is 0 Å². The highest BCUT2D eigenvalue weighted by Crippen LogP contribution is 2.30. The van der Waals surface area contributed by atoms with Crippen molar-refractivity contribution in [3.05, 3.63) is 87.4 Å². The smallest absolute Gasteiger partial charge is 0.264 e. The molecule has 0 saturated heterocycles. The number of nitrogens with zero attached hydrogens (tertiary/aromatic N) is 2. The molecule has 0 heterocycles. The fourth-order valence-electron chi connectivity index (χ4n) is 4.20. The van der Waals surface area contributed by atoms with Crippen LogP contribution < -0.4 is 14.4 Å². The molecule has 12 heteroatoms. The lowest BCUT2D eigenvalue weighted by Gasteiger charge is -2.33. The average molecular weight is 641 g/mol. The quantitative estimate of drug-likeness (QED) is 0.241. The van der Waals surface area contributed by atoms with Crippen LogP contribution in [0.2, 0.25) is 15.1 Å². The Balaban J connectivity index is 2.10. The average Bonchev–Trinajstić information content (AvgIpc) is 2.94. The summed E-state index contributed by atoms with van der Waals surface area (Å²) in [5.41, 5.74) is 0.679. The molecule has 1 N–H and O–H groups in total. The number of rotatable bonds is 13. The topological polar surface area (TPSA) is 96.0 Å². The van der Waals surface area contributed by atoms with E-state index in [0.717, 1.165) is 4.31 Å². The third-order valence-electron chi connectivity index (χ3n) is 6.24. The molecule has 0 aromatic heterocycles. The maximum atomic E-state index is 14.1. The van der Waals surface area contributed by atoms with Gasteiger partial charge in [-0.15, -0.1) is 0 Å². The Morgan fingerprint density at radius 3 is 2.05 bits per heavy atom. The predicted octanol–water partition coefficient (Wildman–Crippen LogP) is 6.18. The van der Waals surface area contributed by atoms with Gasteiger partial charge in [0.05, 0.1) is 17.2 Å². The molecule has 41 heavy (non-hydrogen) atoms. The number of anilines is 1. The molecule has 0 aliphatic heterocycles. The molecule has 0 bridgehead atoms. The van der Waals surface area contributed by atoms with Crippen LogP contribution in [-0.2, 0) is 26.2 Å². The zero-order valence-corrected chi connectivity index (χ0v) is 26.0. The monoisotopic (exact) mass is 639 g/mol. The molecular weight excluding hydrogens is 609 g/mol. The molecule has 0 radical (unpaired) electrons. The molecule has 0 spiro atoms. The Morgan fingerprint density at radius 1 is 0.902 bits per heavy atom. The van der Waals surface area contributed by atoms with Crippen molar-refractivity contribution in [3.63, 3.8) is 0 Å². The summed E-state index contributed by atoms with van der Waals surface area (Å²) < 4.78 is 34.3. The summed E-state index contributed by atoms with van der Waals surface area (Å²) in [5, 5.41) is 3.75. The molecule has 0 unspecified atom stereocenters. The molecule has 2 amide bonds. The molecule has 220 valence electrons. The van der Waals surface area contributed by atoms with Crippen molar-refractivity contribution < 1.29 is 22.7 Å². The SMILES string of the molecule is CCNC(=O)[C@H](CC)N(Cc1c(Cl)cccc1Cl)C(=O)CN(c1ccc(OCC)cc1)S(=O)(=O)c1ccc(Cl)cc1. The van der Waals surface area contributed by atoms with Gasteiger partial charge in [-0.3, -0.25) is 13.9 Å². The zero-order valence-electron chi connectivity index (χ0n) is 22.9. The predicted molar refractivity (Wildman–Crippen MR) is 163 cm³/mol. The highest BCUT2D eigenvalue weighted by atomic mass is 35.5. The summed E-state index contributed by atoms with van der Waals surface area (Å²) in [6.45, 7) is 5.46. The van der Waals surface area contributed by atoms with Crippen molar-refractivity contribution in [2.75, 3.05) is 24.0 Å². The molecule has 3 aromatic carbocycles. The second-order valence-corrected chi connectivity index (χ2v) is 12.0. The maximum Gasteiger partial charge on any atom is 0.264 e. The minimum absolute atomic E-state index is 0.0555. The first kappa shape index (κ1) is 32.5. The molecule has 3 aromatic rings. The number of hydrogen-bond donors (Lipinski definition) is 1. The Hall–Kier alpha value is -2.98. The van der Waals surface area contributed by atoms with Crippen molar-refractivity contribution >= 4 is 62.3 Å². The molecule has 0 aliphatic carbocycles. The van der Waals surface area contributed by atoms with E-state index in [1.165, 1.54) is 29.2 Å². The lowest BCUT2D eigenvalue weighted by Crippen LogP contribution is -2.52. The summed E-state index contributed by atoms with van der Waals surface area (Å²) in [6.07, 6.45) is 0.270. The van der Waals surface area contributed by atoms with Gasteiger partial charge in [-0.1, -0.05) is 47.8 Å². The first-order chi connectivity index (χ1) is 19.5. The maximum absolute atomic E-state index is 14.1. The Kier molecular flexibility index (Phi) is 11.7. The molecule has 0 aliphatic rings. The van der Waals surface area contributed by atoms with Crippen LogP contribution in [0.3, 0.4) is 0 Å². The third-order valence-corrected chi connectivity index (χ3v) is 8.99. The van der Waals surface area contributed by atoms with Gasteiger partial charge in [-0.05, 0) is 80.9 Å². The number of amides is 2. The number of carbonyl (C=O) groups is 2. The van der Waals surface area contributed by atoms with Crippen LogP contribution in [0.15, 0.2) is 71.6 Å². The van der Waals surface area contributed by atoms with Crippen LogP contribution >= 0.6 is 34.8 Å². The molecule has 8 nitrogen and oxygen atoms in total. The van der Waals surface area contributed by atoms with Crippen molar-refractivity contribution in [1.29, 1.82) is 0 Å². The van der Waals surface area contributed by atoms with Crippen LogP contribution in [0.5, 0.6) is 5.75 Å². The fraction of sp³-hybridized carbons (Fsp3) is 0.310. The second kappa shape index (κ2) is 14.8. The van der Waals surface area contributed by atoms with E-state index < -0.39 is 28.5 Å². The minimum atomic E-state index is -4.24. The summed E-state index contributed by atoms with van der Waals surface area (Å²) in [6, 6.07) is 16.1. The van der Waals surface area contributed by atoms with E-state index in [1.807, 2.05) is 6.92 Å². The first-order valence-corrected chi connectivity index (χ1v) is 15.6. The van der Waals surface area contributed by atoms with Gasteiger partial charge >= 0.3 is 0 Å². The number of carbonyl (C=O) groups excluding carboxylic acids is 2. The van der Waals surface area contributed by atoms with Crippen molar-refractivity contribution in [2.45, 2.75) is 44.7 Å². The van der Waals surface area contributed by atoms with Gasteiger partial charge in [-0.2, -0.15) is 0 Å². The summed E-state index contributed by atoms with van der Waals surface area (Å²) in [4.78, 5) is 28.4. The Labute approximate surface area is 256 Å². The molecule has 0 fully saturated rings. The summed E-state index contributed by atoms with van der Waals surface area (Å²) >= 11 is 18.8. The van der Waals surface area contributed by atoms with Crippen LogP contribution in [0.1, 0.15) is 32.8 Å². The van der Waals surface area contributed by atoms with E-state index in [0.29, 0.717) is 39.5 Å². The number of likely N-dealkylation sites (N-methyl/N-ethyl adjacent to an activating group) is 1. The van der Waals surface area contributed by atoms with Crippen LogP contribution in [0.4, 0.5) is 5.69 Å². The minimum Gasteiger partial charge on any atom is -0.494 e. The van der Waals surface area contributed by atoms with E-state index >= 15 is 0 Å². The van der Waals surface area contributed by atoms with E-state index in [1.54, 1.807) is 56.3 Å². The standard InChI is InChI=1S/C29H32Cl3N3O5S/c1-4-27(29(37)33-5-2)34(18-24-25(31)8-7-9-26(24)32)28(36)19-35(21-12-14-22(15-13-21)40-6-3)41(38,39)23-16-10-20(30)11-17-23/h7-17,27H,4-6,18-19H2,1-3H3,(H,33,37)/t27-/m0/s1. The molecule has 0 saturated carbocycles. The van der Waals surface area contributed by atoms with Crippen molar-refractivity contribution in [2.24, 2.45) is 0 Å². The molecule has 1 atom stereocenters. The number of sulfonamides is 1. The number of hydrogen-bond acceptors (Lipinski definition) is 5. The van der Waals surface area contributed by atoms with Crippen LogP contribution in [0, 0.1) is 0 Å². The van der Waals surface area contributed by atoms with Crippen LogP contribution in [-0.4, -0.2) is 50.9 Å². The first-order valence-electron chi connectivity index (χ1n) is 13.0. The van der Waals surface area contributed by atoms with Crippen LogP contribution in [0.25, 0.3) is 0 Å². The third kappa shape index (κ3) is 8.07. The van der Waals surface area contributed by atoms with E-state index in [2.05, 4.69) is 5.32 Å². The van der Waals surface area contributed by atoms with Gasteiger partial charge in [0.1, 0.15) is 18.3 Å². The Morgan fingerprint density at radius 2 is 1.51 bits per heavy atom. The van der Waals surface area contributed by atoms with E-state index in [4.69, 9.17) is 39.5 Å². The Bertz CT molecular complexity index is 1430. The second-order valence-electron chi connectivity index (χ2n) is 8.93. The number of ether oxygens (including phenoxy) is 1. The number of benzene rings is 3. The van der Waals surface area contributed by atoms with Gasteiger partial charge in [-0.25, -0.2) is 8.42 Å². The fourth-order valence-corrected chi connectivity index (χ4v) is 6.26. The highest BCUT2D eigenvalue weighted by Gasteiger charge is 2.34. The normalized spacial score (nSPS) is 12.0. The van der Waals surface area contributed by atoms with Crippen molar-refractivity contribution in [1.82, 2.24) is 10.2 Å². The molecule has 3 rings (SSSR count). The number of halogens is 3. The van der Waals surface area contributed by atoms with Gasteiger partial charge < -0.3 is 15.0 Å². The summed E-state index contributed by atoms with van der Waals surface area (Å²) in [5.74, 6) is -0.450. The summed E-state index contributed by atoms with van der Waals surface area (Å²) in [7, 11) is -4.24. The van der Waals surface area contributed by atoms with Gasteiger partial charge in [0.25, 0.3) is 10.0 Å². The van der Waals surface area contributed by atoms with E-state index in [9.17, 15) is 18.0 Å². The van der Waals surface area contributed by atoms with Gasteiger partial charge in [0, 0.05) is 33.7 Å². The highest BCUT2D eigenvalue weighted by molar-refractivity contribution is 7.92. The van der Waals surface area contributed by atoms with Gasteiger partial charge in [0.2, 0.25) is 11.8 Å². The van der Waals surface area contributed by atoms with E-state index in [-0.39, 0.29) is 29.5 Å². The lowest BCUT2D eigenvalue weighted by atomic mass is 10.1. The number of nitrogens with one attached hydrogen (secondary N) is 1. The molecular formula is C29H32Cl3N3O5S.